The Hall–Kier alpha value is -3.71. The Morgan fingerprint density at radius 3 is 2.56 bits per heavy atom. The minimum atomic E-state index is -0.0801. The predicted molar refractivity (Wildman–Crippen MR) is 133 cm³/mol. The Morgan fingerprint density at radius 2 is 1.82 bits per heavy atom. The van der Waals surface area contributed by atoms with Crippen LogP contribution in [0.5, 0.6) is 0 Å². The van der Waals surface area contributed by atoms with Crippen molar-refractivity contribution >= 4 is 17.3 Å². The van der Waals surface area contributed by atoms with Crippen LogP contribution in [0.2, 0.25) is 0 Å². The fourth-order valence-corrected chi connectivity index (χ4v) is 4.65. The Labute approximate surface area is 199 Å². The number of aliphatic imine (C=N–C) groups is 1. The molecule has 7 heteroatoms. The van der Waals surface area contributed by atoms with Gasteiger partial charge in [-0.2, -0.15) is 5.10 Å². The lowest BCUT2D eigenvalue weighted by Gasteiger charge is -2.28. The fourth-order valence-electron chi connectivity index (χ4n) is 4.65. The Morgan fingerprint density at radius 1 is 1.06 bits per heavy atom. The number of ether oxygens (including phenoxy) is 1. The number of amides is 1. The predicted octanol–water partition coefficient (Wildman–Crippen LogP) is 3.38. The van der Waals surface area contributed by atoms with Crippen molar-refractivity contribution in [1.29, 1.82) is 0 Å². The molecule has 1 fully saturated rings. The molecule has 5 rings (SSSR count). The van der Waals surface area contributed by atoms with Crippen molar-refractivity contribution in [3.8, 4) is 11.3 Å². The number of nitrogens with zero attached hydrogens (tertiary/aromatic N) is 4. The van der Waals surface area contributed by atoms with Crippen LogP contribution < -0.4 is 5.73 Å². The van der Waals surface area contributed by atoms with E-state index in [2.05, 4.69) is 17.1 Å². The summed E-state index contributed by atoms with van der Waals surface area (Å²) in [5.41, 5.74) is 11.0. The zero-order chi connectivity index (χ0) is 23.3. The number of rotatable bonds is 6. The normalized spacial score (nSPS) is 19.0. The molecule has 0 bridgehead atoms. The maximum absolute atomic E-state index is 13.9. The molecule has 3 aromatic rings. The van der Waals surface area contributed by atoms with Gasteiger partial charge in [0.2, 0.25) is 0 Å². The minimum absolute atomic E-state index is 0.0414. The first-order chi connectivity index (χ1) is 16.7. The van der Waals surface area contributed by atoms with Crippen LogP contribution in [0.3, 0.4) is 0 Å². The van der Waals surface area contributed by atoms with Gasteiger partial charge < -0.3 is 15.4 Å². The second-order valence-electron chi connectivity index (χ2n) is 8.62. The van der Waals surface area contributed by atoms with E-state index in [0.29, 0.717) is 49.8 Å². The van der Waals surface area contributed by atoms with Crippen LogP contribution in [0, 0.1) is 0 Å². The average molecular weight is 456 g/mol. The van der Waals surface area contributed by atoms with Gasteiger partial charge in [-0.05, 0) is 24.5 Å². The van der Waals surface area contributed by atoms with Crippen molar-refractivity contribution in [3.63, 3.8) is 0 Å². The van der Waals surface area contributed by atoms with Crippen molar-refractivity contribution in [2.75, 3.05) is 26.3 Å². The largest absolute Gasteiger partial charge is 0.398 e. The zero-order valence-electron chi connectivity index (χ0n) is 19.1. The van der Waals surface area contributed by atoms with Crippen LogP contribution in [0.25, 0.3) is 17.0 Å². The molecular formula is C27H29N5O2. The molecule has 3 heterocycles. The van der Waals surface area contributed by atoms with Crippen LogP contribution in [0.1, 0.15) is 18.4 Å². The average Bonchev–Trinajstić information content (AvgIpc) is 3.56. The lowest BCUT2D eigenvalue weighted by molar-refractivity contribution is -0.127. The van der Waals surface area contributed by atoms with Crippen LogP contribution in [0.15, 0.2) is 83.5 Å². The first-order valence-electron chi connectivity index (χ1n) is 11.8. The number of likely N-dealkylation sites (tertiary alicyclic amines) is 1. The van der Waals surface area contributed by atoms with Gasteiger partial charge >= 0.3 is 0 Å². The quantitative estimate of drug-likeness (QED) is 0.578. The highest BCUT2D eigenvalue weighted by Gasteiger charge is 2.34. The topological polar surface area (TPSA) is 85.7 Å². The van der Waals surface area contributed by atoms with E-state index in [9.17, 15) is 4.79 Å². The summed E-state index contributed by atoms with van der Waals surface area (Å²) in [5, 5.41) is 4.75. The highest BCUT2D eigenvalue weighted by Crippen LogP contribution is 2.26. The van der Waals surface area contributed by atoms with Crippen molar-refractivity contribution in [1.82, 2.24) is 14.7 Å². The maximum atomic E-state index is 13.9. The zero-order valence-corrected chi connectivity index (χ0v) is 19.1. The summed E-state index contributed by atoms with van der Waals surface area (Å²) in [6, 6.07) is 21.8. The van der Waals surface area contributed by atoms with Gasteiger partial charge in [0, 0.05) is 18.3 Å². The standard InChI is InChI=1S/C27H29N5O2/c28-26(21-10-5-2-6-11-21)25(24-19-34-17-14-29-24)27(33)32-15-7-12-22(32)18-31-16-13-23(30-31)20-8-3-1-4-9-20/h1-6,8-11,13,16,22H,7,12,14-15,17-19,28H2. The SMILES string of the molecule is NC(=C(C(=O)N1CCCC1Cn1ccc(-c2ccccc2)n1)C1=NCCOC1)c1ccccc1. The molecule has 1 atom stereocenters. The monoisotopic (exact) mass is 455 g/mol. The number of carbonyl (C=O) groups is 1. The first-order valence-corrected chi connectivity index (χ1v) is 11.8. The number of hydrogen-bond donors (Lipinski definition) is 1. The van der Waals surface area contributed by atoms with E-state index in [1.807, 2.05) is 70.4 Å². The van der Waals surface area contributed by atoms with Crippen molar-refractivity contribution in [3.05, 3.63) is 84.1 Å². The Bertz CT molecular complexity index is 1200. The number of aromatic nitrogens is 2. The lowest BCUT2D eigenvalue weighted by Crippen LogP contribution is -2.42. The van der Waals surface area contributed by atoms with Crippen LogP contribution >= 0.6 is 0 Å². The molecule has 34 heavy (non-hydrogen) atoms. The summed E-state index contributed by atoms with van der Waals surface area (Å²) >= 11 is 0. The van der Waals surface area contributed by atoms with Crippen LogP contribution in [-0.2, 0) is 16.1 Å². The van der Waals surface area contributed by atoms with Crippen molar-refractivity contribution in [2.24, 2.45) is 10.7 Å². The molecule has 0 spiro atoms. The maximum Gasteiger partial charge on any atom is 0.258 e. The summed E-state index contributed by atoms with van der Waals surface area (Å²) in [7, 11) is 0. The fraction of sp³-hybridized carbons (Fsp3) is 0.296. The van der Waals surface area contributed by atoms with E-state index in [-0.39, 0.29) is 11.9 Å². The molecule has 2 aliphatic rings. The number of benzene rings is 2. The van der Waals surface area contributed by atoms with Gasteiger partial charge in [-0.15, -0.1) is 0 Å². The molecule has 1 unspecified atom stereocenters. The molecule has 2 aromatic carbocycles. The molecule has 1 saturated heterocycles. The van der Waals surface area contributed by atoms with E-state index in [4.69, 9.17) is 15.6 Å². The molecule has 1 amide bonds. The second-order valence-corrected chi connectivity index (χ2v) is 8.62. The van der Waals surface area contributed by atoms with E-state index in [1.165, 1.54) is 0 Å². The molecule has 7 nitrogen and oxygen atoms in total. The molecule has 0 aliphatic carbocycles. The molecule has 174 valence electrons. The number of hydrogen-bond acceptors (Lipinski definition) is 5. The van der Waals surface area contributed by atoms with E-state index in [1.54, 1.807) is 0 Å². The van der Waals surface area contributed by atoms with Crippen LogP contribution in [0.4, 0.5) is 0 Å². The molecule has 1 aromatic heterocycles. The molecule has 2 aliphatic heterocycles. The summed E-state index contributed by atoms with van der Waals surface area (Å²) in [6.07, 6.45) is 3.86. The highest BCUT2D eigenvalue weighted by molar-refractivity contribution is 6.26. The van der Waals surface area contributed by atoms with Gasteiger partial charge in [-0.1, -0.05) is 60.7 Å². The highest BCUT2D eigenvalue weighted by atomic mass is 16.5. The molecule has 0 saturated carbocycles. The van der Waals surface area contributed by atoms with E-state index >= 15 is 0 Å². The summed E-state index contributed by atoms with van der Waals surface area (Å²) < 4.78 is 7.56. The third-order valence-corrected chi connectivity index (χ3v) is 6.38. The van der Waals surface area contributed by atoms with Gasteiger partial charge in [0.25, 0.3) is 5.91 Å². The van der Waals surface area contributed by atoms with Crippen molar-refractivity contribution < 1.29 is 9.53 Å². The second kappa shape index (κ2) is 10.1. The Balaban J connectivity index is 1.41. The van der Waals surface area contributed by atoms with Gasteiger partial charge in [0.05, 0.1) is 55.0 Å². The summed E-state index contributed by atoms with van der Waals surface area (Å²) in [6.45, 7) is 2.72. The third-order valence-electron chi connectivity index (χ3n) is 6.38. The lowest BCUT2D eigenvalue weighted by atomic mass is 10.0. The third kappa shape index (κ3) is 4.65. The molecule has 0 radical (unpaired) electrons. The van der Waals surface area contributed by atoms with Gasteiger partial charge in [-0.3, -0.25) is 14.5 Å². The minimum Gasteiger partial charge on any atom is -0.398 e. The van der Waals surface area contributed by atoms with E-state index < -0.39 is 0 Å². The summed E-state index contributed by atoms with van der Waals surface area (Å²) in [4.78, 5) is 20.4. The number of nitrogens with two attached hydrogens (primary N) is 1. The Kier molecular flexibility index (Phi) is 6.53. The van der Waals surface area contributed by atoms with Crippen LogP contribution in [-0.4, -0.2) is 58.6 Å². The van der Waals surface area contributed by atoms with Crippen molar-refractivity contribution in [2.45, 2.75) is 25.4 Å². The molecular weight excluding hydrogens is 426 g/mol. The molecule has 2 N–H and O–H groups in total. The van der Waals surface area contributed by atoms with Gasteiger partial charge in [0.15, 0.2) is 0 Å². The van der Waals surface area contributed by atoms with Gasteiger partial charge in [-0.25, -0.2) is 0 Å². The first kappa shape index (κ1) is 22.1. The summed E-state index contributed by atoms with van der Waals surface area (Å²) in [5.74, 6) is -0.0801. The van der Waals surface area contributed by atoms with Gasteiger partial charge in [0.1, 0.15) is 0 Å². The number of carbonyl (C=O) groups excluding carboxylic acids is 1. The van der Waals surface area contributed by atoms with E-state index in [0.717, 1.165) is 29.7 Å². The smallest absolute Gasteiger partial charge is 0.258 e.